The van der Waals surface area contributed by atoms with E-state index in [1.165, 1.54) is 5.56 Å². The van der Waals surface area contributed by atoms with Gasteiger partial charge >= 0.3 is 0 Å². The van der Waals surface area contributed by atoms with Crippen LogP contribution in [0.3, 0.4) is 0 Å². The lowest BCUT2D eigenvalue weighted by Gasteiger charge is -2.07. The van der Waals surface area contributed by atoms with Gasteiger partial charge in [-0.2, -0.15) is 11.3 Å². The van der Waals surface area contributed by atoms with Gasteiger partial charge in [0.1, 0.15) is 5.75 Å². The molecule has 20 heavy (non-hydrogen) atoms. The predicted molar refractivity (Wildman–Crippen MR) is 82.5 cm³/mol. The van der Waals surface area contributed by atoms with Gasteiger partial charge in [-0.25, -0.2) is 0 Å². The summed E-state index contributed by atoms with van der Waals surface area (Å²) in [6.45, 7) is 1.11. The molecule has 1 aromatic heterocycles. The molecule has 0 saturated heterocycles. The average molecular weight is 290 g/mol. The van der Waals surface area contributed by atoms with E-state index in [1.807, 2.05) is 24.3 Å². The summed E-state index contributed by atoms with van der Waals surface area (Å²) >= 11 is 1.69. The van der Waals surface area contributed by atoms with Crippen LogP contribution in [0, 0.1) is 0 Å². The third-order valence-corrected chi connectivity index (χ3v) is 3.56. The molecule has 4 nitrogen and oxygen atoms in total. The standard InChI is InChI=1S/C15H18N2O2S/c1-19-14-4-2-13(3-5-14)17-15(18)10-16-8-6-12-7-9-20-11-12/h2-5,7,9,11,16H,6,8,10H2,1H3,(H,17,18). The van der Waals surface area contributed by atoms with E-state index < -0.39 is 0 Å². The van der Waals surface area contributed by atoms with Crippen LogP contribution in [0.2, 0.25) is 0 Å². The Kier molecular flexibility index (Phi) is 5.58. The van der Waals surface area contributed by atoms with E-state index >= 15 is 0 Å². The molecule has 0 bridgehead atoms. The second-order valence-electron chi connectivity index (χ2n) is 4.34. The number of carbonyl (C=O) groups is 1. The lowest BCUT2D eigenvalue weighted by atomic mass is 10.2. The van der Waals surface area contributed by atoms with Crippen molar-refractivity contribution < 1.29 is 9.53 Å². The number of benzene rings is 1. The highest BCUT2D eigenvalue weighted by molar-refractivity contribution is 7.07. The van der Waals surface area contributed by atoms with E-state index in [9.17, 15) is 4.79 Å². The zero-order chi connectivity index (χ0) is 14.2. The molecule has 2 rings (SSSR count). The normalized spacial score (nSPS) is 10.2. The van der Waals surface area contributed by atoms with Crippen molar-refractivity contribution in [1.82, 2.24) is 5.32 Å². The van der Waals surface area contributed by atoms with Crippen molar-refractivity contribution >= 4 is 22.9 Å². The number of hydrogen-bond acceptors (Lipinski definition) is 4. The molecule has 0 aliphatic heterocycles. The van der Waals surface area contributed by atoms with Crippen LogP contribution in [0.4, 0.5) is 5.69 Å². The molecule has 0 radical (unpaired) electrons. The molecule has 0 aliphatic carbocycles. The molecule has 0 aliphatic rings. The summed E-state index contributed by atoms with van der Waals surface area (Å²) in [4.78, 5) is 11.7. The fraction of sp³-hybridized carbons (Fsp3) is 0.267. The van der Waals surface area contributed by atoms with Gasteiger partial charge in [0, 0.05) is 5.69 Å². The van der Waals surface area contributed by atoms with Gasteiger partial charge in [0.15, 0.2) is 0 Å². The van der Waals surface area contributed by atoms with Gasteiger partial charge in [0.2, 0.25) is 5.91 Å². The zero-order valence-corrected chi connectivity index (χ0v) is 12.2. The monoisotopic (exact) mass is 290 g/mol. The largest absolute Gasteiger partial charge is 0.497 e. The highest BCUT2D eigenvalue weighted by Crippen LogP contribution is 2.14. The molecule has 1 amide bonds. The lowest BCUT2D eigenvalue weighted by molar-refractivity contribution is -0.115. The molecule has 106 valence electrons. The highest BCUT2D eigenvalue weighted by Gasteiger charge is 2.02. The summed E-state index contributed by atoms with van der Waals surface area (Å²) in [5.41, 5.74) is 2.08. The van der Waals surface area contributed by atoms with Gasteiger partial charge in [0.25, 0.3) is 0 Å². The van der Waals surface area contributed by atoms with Crippen LogP contribution in [0.1, 0.15) is 5.56 Å². The Hall–Kier alpha value is -1.85. The second-order valence-corrected chi connectivity index (χ2v) is 5.12. The number of methoxy groups -OCH3 is 1. The number of hydrogen-bond donors (Lipinski definition) is 2. The molecule has 0 fully saturated rings. The highest BCUT2D eigenvalue weighted by atomic mass is 32.1. The average Bonchev–Trinajstić information content (AvgIpc) is 2.98. The van der Waals surface area contributed by atoms with Crippen LogP contribution in [-0.4, -0.2) is 26.1 Å². The Morgan fingerprint density at radius 3 is 2.70 bits per heavy atom. The van der Waals surface area contributed by atoms with Crippen LogP contribution in [0.25, 0.3) is 0 Å². The minimum absolute atomic E-state index is 0.0412. The number of carbonyl (C=O) groups excluding carboxylic acids is 1. The minimum atomic E-state index is -0.0412. The zero-order valence-electron chi connectivity index (χ0n) is 11.4. The van der Waals surface area contributed by atoms with Crippen LogP contribution in [0.5, 0.6) is 5.75 Å². The van der Waals surface area contributed by atoms with Crippen molar-refractivity contribution in [2.45, 2.75) is 6.42 Å². The summed E-state index contributed by atoms with van der Waals surface area (Å²) in [7, 11) is 1.62. The van der Waals surface area contributed by atoms with Gasteiger partial charge < -0.3 is 15.4 Å². The number of nitrogens with one attached hydrogen (secondary N) is 2. The molecular formula is C15H18N2O2S. The van der Waals surface area contributed by atoms with Gasteiger partial charge in [0.05, 0.1) is 13.7 Å². The summed E-state index contributed by atoms with van der Waals surface area (Å²) in [6, 6.07) is 9.38. The molecule has 1 heterocycles. The summed E-state index contributed by atoms with van der Waals surface area (Å²) in [5.74, 6) is 0.734. The Bertz CT molecular complexity index is 523. The molecular weight excluding hydrogens is 272 g/mol. The van der Waals surface area contributed by atoms with Crippen LogP contribution in [0.15, 0.2) is 41.1 Å². The quantitative estimate of drug-likeness (QED) is 0.770. The molecule has 2 aromatic rings. The van der Waals surface area contributed by atoms with Crippen molar-refractivity contribution in [2.24, 2.45) is 0 Å². The van der Waals surface area contributed by atoms with Gasteiger partial charge in [-0.3, -0.25) is 4.79 Å². The van der Waals surface area contributed by atoms with Crippen molar-refractivity contribution in [1.29, 1.82) is 0 Å². The summed E-state index contributed by atoms with van der Waals surface area (Å²) in [5, 5.41) is 10.2. The fourth-order valence-corrected chi connectivity index (χ4v) is 2.45. The number of anilines is 1. The fourth-order valence-electron chi connectivity index (χ4n) is 1.75. The van der Waals surface area contributed by atoms with Crippen molar-refractivity contribution in [3.05, 3.63) is 46.7 Å². The second kappa shape index (κ2) is 7.67. The maximum atomic E-state index is 11.7. The maximum Gasteiger partial charge on any atom is 0.238 e. The van der Waals surface area contributed by atoms with E-state index in [4.69, 9.17) is 4.74 Å². The first-order chi connectivity index (χ1) is 9.78. The smallest absolute Gasteiger partial charge is 0.238 e. The van der Waals surface area contributed by atoms with Gasteiger partial charge in [-0.1, -0.05) is 0 Å². The molecule has 0 atom stereocenters. The summed E-state index contributed by atoms with van der Waals surface area (Å²) in [6.07, 6.45) is 0.944. The Morgan fingerprint density at radius 2 is 2.05 bits per heavy atom. The predicted octanol–water partition coefficient (Wildman–Crippen LogP) is 2.53. The Morgan fingerprint density at radius 1 is 1.25 bits per heavy atom. The first-order valence-corrected chi connectivity index (χ1v) is 7.38. The van der Waals surface area contributed by atoms with Crippen molar-refractivity contribution in [3.63, 3.8) is 0 Å². The lowest BCUT2D eigenvalue weighted by Crippen LogP contribution is -2.29. The molecule has 5 heteroatoms. The van der Waals surface area contributed by atoms with E-state index in [2.05, 4.69) is 27.5 Å². The number of ether oxygens (including phenoxy) is 1. The third-order valence-electron chi connectivity index (χ3n) is 2.83. The van der Waals surface area contributed by atoms with Gasteiger partial charge in [-0.05, 0) is 59.6 Å². The molecule has 0 unspecified atom stereocenters. The van der Waals surface area contributed by atoms with Crippen molar-refractivity contribution in [2.75, 3.05) is 25.5 Å². The van der Waals surface area contributed by atoms with E-state index in [-0.39, 0.29) is 5.91 Å². The van der Waals surface area contributed by atoms with Crippen molar-refractivity contribution in [3.8, 4) is 5.75 Å². The molecule has 0 saturated carbocycles. The van der Waals surface area contributed by atoms with E-state index in [0.717, 1.165) is 24.4 Å². The third kappa shape index (κ3) is 4.68. The topological polar surface area (TPSA) is 50.4 Å². The maximum absolute atomic E-state index is 11.7. The first-order valence-electron chi connectivity index (χ1n) is 6.43. The number of rotatable bonds is 7. The van der Waals surface area contributed by atoms with E-state index in [0.29, 0.717) is 6.54 Å². The Balaban J connectivity index is 1.66. The molecule has 1 aromatic carbocycles. The van der Waals surface area contributed by atoms with E-state index in [1.54, 1.807) is 18.4 Å². The van der Waals surface area contributed by atoms with Crippen LogP contribution < -0.4 is 15.4 Å². The number of amides is 1. The molecule has 0 spiro atoms. The first kappa shape index (κ1) is 14.6. The Labute approximate surface area is 122 Å². The van der Waals surface area contributed by atoms with Crippen LogP contribution in [-0.2, 0) is 11.2 Å². The van der Waals surface area contributed by atoms with Crippen LogP contribution >= 0.6 is 11.3 Å². The number of thiophene rings is 1. The molecule has 2 N–H and O–H groups in total. The minimum Gasteiger partial charge on any atom is -0.497 e. The SMILES string of the molecule is COc1ccc(NC(=O)CNCCc2ccsc2)cc1. The van der Waals surface area contributed by atoms with Gasteiger partial charge in [-0.15, -0.1) is 0 Å². The summed E-state index contributed by atoms with van der Waals surface area (Å²) < 4.78 is 5.06.